The van der Waals surface area contributed by atoms with Crippen LogP contribution in [0.5, 0.6) is 0 Å². The number of phosphoric ester groups is 2. The van der Waals surface area contributed by atoms with Gasteiger partial charge in [-0.1, -0.05) is 374 Å². The lowest BCUT2D eigenvalue weighted by Gasteiger charge is -2.21. The van der Waals surface area contributed by atoms with Gasteiger partial charge >= 0.3 is 33.6 Å². The van der Waals surface area contributed by atoms with Gasteiger partial charge in [-0.3, -0.25) is 32.5 Å². The lowest BCUT2D eigenvalue weighted by Crippen LogP contribution is -2.30. The van der Waals surface area contributed by atoms with Gasteiger partial charge in [0.2, 0.25) is 0 Å². The fourth-order valence-electron chi connectivity index (χ4n) is 12.3. The maximum absolute atomic E-state index is 13.0. The Morgan fingerprint density at radius 1 is 0.266 bits per heavy atom. The van der Waals surface area contributed by atoms with Gasteiger partial charge in [0.15, 0.2) is 6.10 Å². The van der Waals surface area contributed by atoms with Crippen LogP contribution < -0.4 is 0 Å². The Kier molecular flexibility index (Phi) is 80.7. The van der Waals surface area contributed by atoms with E-state index in [1.54, 1.807) is 0 Å². The average Bonchev–Trinajstić information content (AvgIpc) is 0.916. The summed E-state index contributed by atoms with van der Waals surface area (Å²) in [7, 11) is -9.78. The Bertz CT molecular complexity index is 2420. The molecule has 0 aromatic carbocycles. The standard InChI is InChI=1S/C91H162O16P2/c1-4-7-10-13-16-19-22-25-27-29-31-33-35-37-39-41-42-44-46-47-49-51-53-55-57-60-62-65-68-71-74-77-89(94)101-80-86(92)81-103-108(97,98)104-82-87(93)83-105-109(99,100)106-85-88(107-91(96)79-76-73-70-67-64-59-24-21-18-15-12-9-6-3)84-102-90(95)78-75-72-69-66-63-61-58-56-54-52-50-48-45-43-40-38-36-34-32-30-28-26-23-20-17-14-11-8-5-2/h7,10,16-17,19-20,25-28,31-34,37-40,86-88,92-93H,4-6,8-9,11-15,18,21-24,29-30,35-36,41-85H2,1-3H3,(H,97,98)(H,99,100)/b10-7-,19-16-,20-17-,27-25-,28-26-,33-31-,34-32-,39-37-,40-38-. The molecule has 0 saturated carbocycles. The Balaban J connectivity index is 4.42. The summed E-state index contributed by atoms with van der Waals surface area (Å²) in [6, 6.07) is 0. The zero-order valence-corrected chi connectivity index (χ0v) is 71.3. The first-order chi connectivity index (χ1) is 53.2. The van der Waals surface area contributed by atoms with Gasteiger partial charge in [-0.05, 0) is 109 Å². The van der Waals surface area contributed by atoms with Gasteiger partial charge in [0, 0.05) is 19.3 Å². The molecule has 0 aromatic heterocycles. The molecule has 109 heavy (non-hydrogen) atoms. The van der Waals surface area contributed by atoms with Crippen molar-refractivity contribution in [3.8, 4) is 0 Å². The van der Waals surface area contributed by atoms with E-state index in [-0.39, 0.29) is 19.3 Å². The van der Waals surface area contributed by atoms with Gasteiger partial charge in [-0.25, -0.2) is 9.13 Å². The van der Waals surface area contributed by atoms with Crippen molar-refractivity contribution >= 4 is 33.6 Å². The molecule has 5 atom stereocenters. The van der Waals surface area contributed by atoms with E-state index in [9.17, 15) is 43.5 Å². The van der Waals surface area contributed by atoms with Crippen LogP contribution in [-0.4, -0.2) is 95.9 Å². The predicted molar refractivity (Wildman–Crippen MR) is 454 cm³/mol. The summed E-state index contributed by atoms with van der Waals surface area (Å²) >= 11 is 0. The largest absolute Gasteiger partial charge is 0.472 e. The van der Waals surface area contributed by atoms with Crippen molar-refractivity contribution in [2.75, 3.05) is 39.6 Å². The quantitative estimate of drug-likeness (QED) is 0.0146. The molecule has 0 fully saturated rings. The number of ether oxygens (including phenoxy) is 3. The molecular formula is C91H162O16P2. The Hall–Kier alpha value is -3.79. The number of esters is 3. The molecule has 632 valence electrons. The summed E-state index contributed by atoms with van der Waals surface area (Å²) in [5, 5.41) is 20.7. The molecular weight excluding hydrogens is 1410 g/mol. The number of rotatable bonds is 84. The van der Waals surface area contributed by atoms with Crippen LogP contribution >= 0.6 is 15.6 Å². The summed E-state index contributed by atoms with van der Waals surface area (Å²) in [6.45, 7) is 2.60. The van der Waals surface area contributed by atoms with Gasteiger partial charge in [0.25, 0.3) is 0 Å². The van der Waals surface area contributed by atoms with E-state index in [0.29, 0.717) is 19.3 Å². The topological polar surface area (TPSA) is 231 Å². The van der Waals surface area contributed by atoms with E-state index in [2.05, 4.69) is 130 Å². The van der Waals surface area contributed by atoms with E-state index >= 15 is 0 Å². The van der Waals surface area contributed by atoms with E-state index in [4.69, 9.17) is 32.3 Å². The van der Waals surface area contributed by atoms with E-state index in [1.807, 2.05) is 0 Å². The van der Waals surface area contributed by atoms with Crippen LogP contribution in [0.4, 0.5) is 0 Å². The van der Waals surface area contributed by atoms with Crippen molar-refractivity contribution < 1.29 is 75.8 Å². The second-order valence-electron chi connectivity index (χ2n) is 29.7. The van der Waals surface area contributed by atoms with Gasteiger partial charge in [0.1, 0.15) is 25.4 Å². The number of carbonyl (C=O) groups is 3. The van der Waals surface area contributed by atoms with Crippen LogP contribution in [0.1, 0.15) is 393 Å². The predicted octanol–water partition coefficient (Wildman–Crippen LogP) is 26.7. The first kappa shape index (κ1) is 105. The van der Waals surface area contributed by atoms with Gasteiger partial charge in [0.05, 0.1) is 26.4 Å². The van der Waals surface area contributed by atoms with Crippen molar-refractivity contribution in [3.63, 3.8) is 0 Å². The maximum atomic E-state index is 13.0. The molecule has 0 spiro atoms. The smallest absolute Gasteiger partial charge is 0.463 e. The van der Waals surface area contributed by atoms with Crippen molar-refractivity contribution in [2.24, 2.45) is 0 Å². The maximum Gasteiger partial charge on any atom is 0.472 e. The molecule has 4 N–H and O–H groups in total. The fraction of sp³-hybridized carbons (Fsp3) is 0.769. The van der Waals surface area contributed by atoms with Gasteiger partial charge in [-0.15, -0.1) is 0 Å². The minimum atomic E-state index is -4.93. The number of aliphatic hydroxyl groups excluding tert-OH is 2. The first-order valence-electron chi connectivity index (χ1n) is 44.2. The number of allylic oxidation sites excluding steroid dienone is 18. The summed E-state index contributed by atoms with van der Waals surface area (Å²) in [5.74, 6) is -1.55. The Morgan fingerprint density at radius 2 is 0.486 bits per heavy atom. The monoisotopic (exact) mass is 1570 g/mol. The Labute approximate surface area is 666 Å². The SMILES string of the molecule is CC/C=C\C/C=C\C/C=C\C/C=C\C/C=C\CCCCCCCCCCCCCCCCCC(=O)OCC(O)COP(=O)(O)OCC(O)COP(=O)(O)OCC(COC(=O)CCCCCCCCCCCCCCC/C=C\C/C=C\C/C=C\C/C=C\CCCCC)OC(=O)CCCCCCCCCCCCCCC. The van der Waals surface area contributed by atoms with Crippen LogP contribution in [0.15, 0.2) is 109 Å². The lowest BCUT2D eigenvalue weighted by atomic mass is 10.0. The number of carbonyl (C=O) groups excluding carboxylic acids is 3. The second kappa shape index (κ2) is 83.6. The van der Waals surface area contributed by atoms with Crippen molar-refractivity contribution in [1.29, 1.82) is 0 Å². The first-order valence-corrected chi connectivity index (χ1v) is 47.2. The summed E-state index contributed by atoms with van der Waals surface area (Å²) in [4.78, 5) is 58.8. The highest BCUT2D eigenvalue weighted by molar-refractivity contribution is 7.47. The zero-order chi connectivity index (χ0) is 79.4. The van der Waals surface area contributed by atoms with Crippen LogP contribution in [-0.2, 0) is 55.8 Å². The third-order valence-corrected chi connectivity index (χ3v) is 20.9. The molecule has 0 aliphatic rings. The fourth-order valence-corrected chi connectivity index (χ4v) is 13.9. The van der Waals surface area contributed by atoms with Crippen molar-refractivity contribution in [2.45, 2.75) is 411 Å². The molecule has 0 aliphatic carbocycles. The highest BCUT2D eigenvalue weighted by Crippen LogP contribution is 2.45. The molecule has 0 aromatic rings. The van der Waals surface area contributed by atoms with Crippen LogP contribution in [0, 0.1) is 0 Å². The zero-order valence-electron chi connectivity index (χ0n) is 69.5. The molecule has 18 heteroatoms. The highest BCUT2D eigenvalue weighted by atomic mass is 31.2. The summed E-state index contributed by atoms with van der Waals surface area (Å²) < 4.78 is 61.3. The van der Waals surface area contributed by atoms with Crippen LogP contribution in [0.3, 0.4) is 0 Å². The molecule has 0 saturated heterocycles. The number of aliphatic hydroxyl groups is 2. The number of hydrogen-bond donors (Lipinski definition) is 4. The molecule has 0 radical (unpaired) electrons. The molecule has 0 aliphatic heterocycles. The normalized spacial score (nSPS) is 14.4. The van der Waals surface area contributed by atoms with Gasteiger partial charge in [-0.2, -0.15) is 0 Å². The van der Waals surface area contributed by atoms with E-state index in [1.165, 1.54) is 212 Å². The molecule has 0 amide bonds. The second-order valence-corrected chi connectivity index (χ2v) is 32.6. The summed E-state index contributed by atoms with van der Waals surface area (Å²) in [5.41, 5.74) is 0. The Morgan fingerprint density at radius 3 is 0.789 bits per heavy atom. The molecule has 0 bridgehead atoms. The molecule has 16 nitrogen and oxygen atoms in total. The van der Waals surface area contributed by atoms with Gasteiger partial charge < -0.3 is 34.2 Å². The number of phosphoric acid groups is 2. The minimum absolute atomic E-state index is 0.109. The average molecular weight is 1570 g/mol. The van der Waals surface area contributed by atoms with Crippen LogP contribution in [0.2, 0.25) is 0 Å². The molecule has 0 heterocycles. The highest BCUT2D eigenvalue weighted by Gasteiger charge is 2.29. The van der Waals surface area contributed by atoms with Crippen molar-refractivity contribution in [3.05, 3.63) is 109 Å². The van der Waals surface area contributed by atoms with Crippen LogP contribution in [0.25, 0.3) is 0 Å². The lowest BCUT2D eigenvalue weighted by molar-refractivity contribution is -0.161. The van der Waals surface area contributed by atoms with E-state index < -0.39 is 91.5 Å². The summed E-state index contributed by atoms with van der Waals surface area (Å²) in [6.07, 6.45) is 100. The number of unbranched alkanes of at least 4 members (excludes halogenated alkanes) is 43. The molecule has 5 unspecified atom stereocenters. The third-order valence-electron chi connectivity index (χ3n) is 19.0. The number of hydrogen-bond acceptors (Lipinski definition) is 14. The van der Waals surface area contributed by atoms with E-state index in [0.717, 1.165) is 122 Å². The minimum Gasteiger partial charge on any atom is -0.463 e. The molecule has 0 rings (SSSR count). The van der Waals surface area contributed by atoms with Crippen molar-refractivity contribution in [1.82, 2.24) is 0 Å². The third kappa shape index (κ3) is 84.9.